The first-order valence-electron chi connectivity index (χ1n) is 9.90. The lowest BCUT2D eigenvalue weighted by Crippen LogP contribution is -2.23. The van der Waals surface area contributed by atoms with E-state index < -0.39 is 0 Å². The topological polar surface area (TPSA) is 85.9 Å². The molecule has 3 heterocycles. The number of hydrogen-bond acceptors (Lipinski definition) is 6. The van der Waals surface area contributed by atoms with Gasteiger partial charge in [-0.05, 0) is 24.3 Å². The Morgan fingerprint density at radius 1 is 1.06 bits per heavy atom. The minimum atomic E-state index is -0.196. The van der Waals surface area contributed by atoms with Gasteiger partial charge in [0.15, 0.2) is 10.8 Å². The van der Waals surface area contributed by atoms with Crippen molar-refractivity contribution >= 4 is 39.1 Å². The van der Waals surface area contributed by atoms with Gasteiger partial charge in [-0.2, -0.15) is 5.10 Å². The molecule has 32 heavy (non-hydrogen) atoms. The number of anilines is 2. The normalized spacial score (nSPS) is 11.0. The summed E-state index contributed by atoms with van der Waals surface area (Å²) in [5.74, 6) is -0.134. The maximum Gasteiger partial charge on any atom is 0.264 e. The maximum absolute atomic E-state index is 13.0. The number of thiazole rings is 1. The highest BCUT2D eigenvalue weighted by Crippen LogP contribution is 2.28. The summed E-state index contributed by atoms with van der Waals surface area (Å²) in [6.07, 6.45) is 3.04. The van der Waals surface area contributed by atoms with Crippen molar-refractivity contribution in [3.63, 3.8) is 0 Å². The number of aromatic nitrogens is 5. The zero-order valence-electron chi connectivity index (χ0n) is 17.1. The van der Waals surface area contributed by atoms with Crippen LogP contribution in [0.25, 0.3) is 16.7 Å². The van der Waals surface area contributed by atoms with Crippen LogP contribution in [0.2, 0.25) is 0 Å². The Morgan fingerprint density at radius 3 is 2.50 bits per heavy atom. The molecule has 0 N–H and O–H groups in total. The van der Waals surface area contributed by atoms with Gasteiger partial charge in [0, 0.05) is 12.3 Å². The standard InChI is InChI=1S/C23H18N6O2S/c1-16(30)28(18-8-4-2-5-9-18)23-26-17(14-32-23)13-27-15-24-21-20(22(27)31)12-25-29(21)19-10-6-3-7-11-19/h2-12,14-15H,13H2,1H3. The molecule has 0 radical (unpaired) electrons. The third kappa shape index (κ3) is 3.58. The van der Waals surface area contributed by atoms with Gasteiger partial charge in [-0.3, -0.25) is 19.1 Å². The summed E-state index contributed by atoms with van der Waals surface area (Å²) in [6, 6.07) is 18.9. The molecular weight excluding hydrogens is 424 g/mol. The monoisotopic (exact) mass is 442 g/mol. The van der Waals surface area contributed by atoms with Gasteiger partial charge < -0.3 is 0 Å². The van der Waals surface area contributed by atoms with Crippen LogP contribution in [0.4, 0.5) is 10.8 Å². The lowest BCUT2D eigenvalue weighted by Gasteiger charge is -2.17. The molecule has 0 aliphatic rings. The van der Waals surface area contributed by atoms with E-state index in [1.165, 1.54) is 35.4 Å². The molecular formula is C23H18N6O2S. The lowest BCUT2D eigenvalue weighted by atomic mass is 10.3. The van der Waals surface area contributed by atoms with E-state index in [-0.39, 0.29) is 18.0 Å². The average molecular weight is 443 g/mol. The molecule has 0 unspecified atom stereocenters. The minimum Gasteiger partial charge on any atom is -0.292 e. The fourth-order valence-electron chi connectivity index (χ4n) is 3.47. The van der Waals surface area contributed by atoms with Gasteiger partial charge in [-0.15, -0.1) is 11.3 Å². The fraction of sp³-hybridized carbons (Fsp3) is 0.0870. The van der Waals surface area contributed by atoms with E-state index in [0.29, 0.717) is 21.9 Å². The van der Waals surface area contributed by atoms with E-state index in [1.54, 1.807) is 9.58 Å². The number of carbonyl (C=O) groups excluding carboxylic acids is 1. The highest BCUT2D eigenvalue weighted by Gasteiger charge is 2.18. The molecule has 0 saturated heterocycles. The van der Waals surface area contributed by atoms with E-state index in [0.717, 1.165) is 11.4 Å². The van der Waals surface area contributed by atoms with Crippen LogP contribution in [-0.2, 0) is 11.3 Å². The minimum absolute atomic E-state index is 0.134. The fourth-order valence-corrected chi connectivity index (χ4v) is 4.35. The van der Waals surface area contributed by atoms with Crippen LogP contribution in [0, 0.1) is 0 Å². The van der Waals surface area contributed by atoms with Gasteiger partial charge in [-0.25, -0.2) is 14.6 Å². The Balaban J connectivity index is 1.46. The third-order valence-corrected chi connectivity index (χ3v) is 5.82. The molecule has 0 aliphatic carbocycles. The summed E-state index contributed by atoms with van der Waals surface area (Å²) in [6.45, 7) is 1.75. The van der Waals surface area contributed by atoms with E-state index in [2.05, 4.69) is 15.1 Å². The molecule has 0 aliphatic heterocycles. The van der Waals surface area contributed by atoms with Gasteiger partial charge in [-0.1, -0.05) is 36.4 Å². The smallest absolute Gasteiger partial charge is 0.264 e. The highest BCUT2D eigenvalue weighted by atomic mass is 32.1. The molecule has 0 atom stereocenters. The molecule has 0 bridgehead atoms. The molecule has 0 spiro atoms. The summed E-state index contributed by atoms with van der Waals surface area (Å²) in [5, 5.41) is 7.17. The van der Waals surface area contributed by atoms with Crippen molar-refractivity contribution in [2.45, 2.75) is 13.5 Å². The highest BCUT2D eigenvalue weighted by molar-refractivity contribution is 7.14. The van der Waals surface area contributed by atoms with Gasteiger partial charge >= 0.3 is 0 Å². The van der Waals surface area contributed by atoms with Gasteiger partial charge in [0.05, 0.1) is 29.8 Å². The van der Waals surface area contributed by atoms with Crippen LogP contribution in [0.15, 0.2) is 83.4 Å². The Bertz CT molecular complexity index is 1460. The number of benzene rings is 2. The zero-order valence-corrected chi connectivity index (χ0v) is 17.9. The number of fused-ring (bicyclic) bond motifs is 1. The number of nitrogens with zero attached hydrogens (tertiary/aromatic N) is 6. The second-order valence-corrected chi connectivity index (χ2v) is 7.95. The molecule has 3 aromatic heterocycles. The molecule has 0 fully saturated rings. The molecule has 2 aromatic carbocycles. The van der Waals surface area contributed by atoms with Crippen molar-refractivity contribution in [2.75, 3.05) is 4.90 Å². The Hall–Kier alpha value is -4.11. The van der Waals surface area contributed by atoms with Gasteiger partial charge in [0.1, 0.15) is 11.7 Å². The second-order valence-electron chi connectivity index (χ2n) is 7.12. The lowest BCUT2D eigenvalue weighted by molar-refractivity contribution is -0.115. The first-order valence-corrected chi connectivity index (χ1v) is 10.8. The quantitative estimate of drug-likeness (QED) is 0.414. The Kier molecular flexibility index (Phi) is 5.08. The van der Waals surface area contributed by atoms with E-state index in [4.69, 9.17) is 0 Å². The van der Waals surface area contributed by atoms with E-state index >= 15 is 0 Å². The van der Waals surface area contributed by atoms with Crippen molar-refractivity contribution in [1.82, 2.24) is 24.3 Å². The number of carbonyl (C=O) groups is 1. The maximum atomic E-state index is 13.0. The Morgan fingerprint density at radius 2 is 1.78 bits per heavy atom. The third-order valence-electron chi connectivity index (χ3n) is 4.95. The summed E-state index contributed by atoms with van der Waals surface area (Å²) >= 11 is 1.35. The predicted octanol–water partition coefficient (Wildman–Crippen LogP) is 3.77. The number of rotatable bonds is 5. The van der Waals surface area contributed by atoms with Crippen LogP contribution in [0.1, 0.15) is 12.6 Å². The number of hydrogen-bond donors (Lipinski definition) is 0. The Labute approximate surface area is 187 Å². The summed E-state index contributed by atoms with van der Waals surface area (Å²) in [7, 11) is 0. The molecule has 9 heteroatoms. The van der Waals surface area contributed by atoms with Crippen molar-refractivity contribution < 1.29 is 4.79 Å². The second kappa shape index (κ2) is 8.20. The van der Waals surface area contributed by atoms with Crippen LogP contribution < -0.4 is 10.5 Å². The largest absolute Gasteiger partial charge is 0.292 e. The van der Waals surface area contributed by atoms with E-state index in [9.17, 15) is 9.59 Å². The average Bonchev–Trinajstić information content (AvgIpc) is 3.45. The van der Waals surface area contributed by atoms with Crippen molar-refractivity contribution in [2.24, 2.45) is 0 Å². The van der Waals surface area contributed by atoms with Gasteiger partial charge in [0.2, 0.25) is 5.91 Å². The van der Waals surface area contributed by atoms with Crippen molar-refractivity contribution in [3.05, 3.63) is 94.6 Å². The first kappa shape index (κ1) is 19.8. The molecule has 5 aromatic rings. The van der Waals surface area contributed by atoms with Crippen LogP contribution in [0.5, 0.6) is 0 Å². The molecule has 1 amide bonds. The summed E-state index contributed by atoms with van der Waals surface area (Å²) in [5.41, 5.74) is 2.56. The molecule has 8 nitrogen and oxygen atoms in total. The predicted molar refractivity (Wildman–Crippen MR) is 124 cm³/mol. The summed E-state index contributed by atoms with van der Waals surface area (Å²) in [4.78, 5) is 35.9. The first-order chi connectivity index (χ1) is 15.6. The van der Waals surface area contributed by atoms with Crippen LogP contribution in [0.3, 0.4) is 0 Å². The molecule has 158 valence electrons. The van der Waals surface area contributed by atoms with Crippen molar-refractivity contribution in [3.8, 4) is 5.69 Å². The van der Waals surface area contributed by atoms with Crippen LogP contribution >= 0.6 is 11.3 Å². The number of para-hydroxylation sites is 2. The SMILES string of the molecule is CC(=O)N(c1ccccc1)c1nc(Cn2cnc3c(cnn3-c3ccccc3)c2=O)cs1. The summed E-state index contributed by atoms with van der Waals surface area (Å²) < 4.78 is 3.14. The zero-order chi connectivity index (χ0) is 22.1. The molecule has 5 rings (SSSR count). The van der Waals surface area contributed by atoms with Gasteiger partial charge in [0.25, 0.3) is 5.56 Å². The van der Waals surface area contributed by atoms with E-state index in [1.807, 2.05) is 66.0 Å². The number of amides is 1. The van der Waals surface area contributed by atoms with Crippen molar-refractivity contribution in [1.29, 1.82) is 0 Å². The molecule has 0 saturated carbocycles. The van der Waals surface area contributed by atoms with Crippen LogP contribution in [-0.4, -0.2) is 30.2 Å².